The van der Waals surface area contributed by atoms with Gasteiger partial charge >= 0.3 is 5.97 Å². The molecule has 0 fully saturated rings. The van der Waals surface area contributed by atoms with Gasteiger partial charge in [-0.05, 0) is 46.7 Å². The molecule has 0 bridgehead atoms. The van der Waals surface area contributed by atoms with Crippen molar-refractivity contribution in [3.05, 3.63) is 76.3 Å². The molecule has 7 nitrogen and oxygen atoms in total. The molecule has 0 radical (unpaired) electrons. The Kier molecular flexibility index (Phi) is 5.51. The third-order valence-electron chi connectivity index (χ3n) is 3.92. The van der Waals surface area contributed by atoms with Gasteiger partial charge in [0.2, 0.25) is 0 Å². The van der Waals surface area contributed by atoms with E-state index in [4.69, 9.17) is 14.2 Å². The van der Waals surface area contributed by atoms with Gasteiger partial charge in [-0.3, -0.25) is 10.1 Å². The summed E-state index contributed by atoms with van der Waals surface area (Å²) < 4.78 is 15.7. The first-order valence-electron chi connectivity index (χ1n) is 8.15. The molecule has 0 N–H and O–H groups in total. The lowest BCUT2D eigenvalue weighted by Gasteiger charge is -2.08. The van der Waals surface area contributed by atoms with Crippen molar-refractivity contribution in [1.82, 2.24) is 0 Å². The summed E-state index contributed by atoms with van der Waals surface area (Å²) in [5, 5.41) is 12.6. The molecule has 0 atom stereocenters. The van der Waals surface area contributed by atoms with Crippen LogP contribution in [0.3, 0.4) is 0 Å². The fraction of sp³-hybridized carbons (Fsp3) is 0.150. The van der Waals surface area contributed by atoms with Crippen molar-refractivity contribution in [2.24, 2.45) is 0 Å². The summed E-state index contributed by atoms with van der Waals surface area (Å²) in [6, 6.07) is 17.0. The van der Waals surface area contributed by atoms with Crippen LogP contribution in [0.25, 0.3) is 10.8 Å². The Labute approximate surface area is 155 Å². The van der Waals surface area contributed by atoms with E-state index in [9.17, 15) is 14.9 Å². The fourth-order valence-electron chi connectivity index (χ4n) is 2.50. The molecule has 0 aromatic heterocycles. The summed E-state index contributed by atoms with van der Waals surface area (Å²) in [7, 11) is 1.62. The molecule has 0 saturated carbocycles. The zero-order valence-corrected chi connectivity index (χ0v) is 14.6. The van der Waals surface area contributed by atoms with Crippen molar-refractivity contribution in [1.29, 1.82) is 0 Å². The highest BCUT2D eigenvalue weighted by Gasteiger charge is 2.08. The molecule has 27 heavy (non-hydrogen) atoms. The molecular weight excluding hydrogens is 350 g/mol. The number of methoxy groups -OCH3 is 1. The van der Waals surface area contributed by atoms with Gasteiger partial charge in [-0.15, -0.1) is 0 Å². The number of carbonyl (C=O) groups is 1. The number of fused-ring (bicyclic) bond motifs is 1. The Morgan fingerprint density at radius 3 is 2.33 bits per heavy atom. The molecule has 0 amide bonds. The maximum absolute atomic E-state index is 11.8. The van der Waals surface area contributed by atoms with Gasteiger partial charge in [-0.1, -0.05) is 18.2 Å². The van der Waals surface area contributed by atoms with Gasteiger partial charge in [0.25, 0.3) is 5.69 Å². The van der Waals surface area contributed by atoms with Crippen LogP contribution >= 0.6 is 0 Å². The summed E-state index contributed by atoms with van der Waals surface area (Å²) in [6.45, 7) is -0.146. The predicted molar refractivity (Wildman–Crippen MR) is 98.9 cm³/mol. The number of nitro benzene ring substituents is 1. The highest BCUT2D eigenvalue weighted by atomic mass is 16.6. The number of rotatable bonds is 7. The van der Waals surface area contributed by atoms with Crippen LogP contribution in [0.4, 0.5) is 5.69 Å². The van der Waals surface area contributed by atoms with E-state index in [1.807, 2.05) is 36.4 Å². The zero-order chi connectivity index (χ0) is 19.2. The standard InChI is InChI=1S/C20H17NO6/c1-25-19-7-4-15-10-14(2-3-16(15)11-19)12-27-20(22)13-26-18-8-5-17(6-9-18)21(23)24/h2-11H,12-13H2,1H3. The van der Waals surface area contributed by atoms with E-state index < -0.39 is 10.9 Å². The quantitative estimate of drug-likeness (QED) is 0.358. The molecule has 3 aromatic carbocycles. The van der Waals surface area contributed by atoms with E-state index in [0.29, 0.717) is 5.75 Å². The number of ether oxygens (including phenoxy) is 3. The second-order valence-electron chi connectivity index (χ2n) is 5.75. The maximum Gasteiger partial charge on any atom is 0.344 e. The molecule has 138 valence electrons. The third-order valence-corrected chi connectivity index (χ3v) is 3.92. The van der Waals surface area contributed by atoms with E-state index >= 15 is 0 Å². The van der Waals surface area contributed by atoms with Gasteiger partial charge in [0, 0.05) is 12.1 Å². The highest BCUT2D eigenvalue weighted by Crippen LogP contribution is 2.22. The molecule has 0 heterocycles. The van der Waals surface area contributed by atoms with Gasteiger partial charge < -0.3 is 14.2 Å². The van der Waals surface area contributed by atoms with Crippen molar-refractivity contribution in [2.45, 2.75) is 6.61 Å². The summed E-state index contributed by atoms with van der Waals surface area (Å²) in [5.74, 6) is 0.616. The molecule has 0 spiro atoms. The zero-order valence-electron chi connectivity index (χ0n) is 14.6. The molecule has 0 aliphatic rings. The van der Waals surface area contributed by atoms with Crippen LogP contribution in [0, 0.1) is 10.1 Å². The SMILES string of the molecule is COc1ccc2cc(COC(=O)COc3ccc([N+](=O)[O-])cc3)ccc2c1. The minimum atomic E-state index is -0.525. The second-order valence-corrected chi connectivity index (χ2v) is 5.75. The van der Waals surface area contributed by atoms with Gasteiger partial charge in [0.05, 0.1) is 12.0 Å². The first-order chi connectivity index (χ1) is 13.0. The van der Waals surface area contributed by atoms with Gasteiger partial charge in [0.15, 0.2) is 6.61 Å². The average molecular weight is 367 g/mol. The topological polar surface area (TPSA) is 87.9 Å². The smallest absolute Gasteiger partial charge is 0.344 e. The number of non-ortho nitro benzene ring substituents is 1. The predicted octanol–water partition coefficient (Wildman–Crippen LogP) is 3.88. The summed E-state index contributed by atoms with van der Waals surface area (Å²) in [4.78, 5) is 21.9. The van der Waals surface area contributed by atoms with Crippen molar-refractivity contribution in [3.8, 4) is 11.5 Å². The highest BCUT2D eigenvalue weighted by molar-refractivity contribution is 5.84. The van der Waals surface area contributed by atoms with Crippen molar-refractivity contribution < 1.29 is 23.9 Å². The van der Waals surface area contributed by atoms with Crippen LogP contribution in [0.15, 0.2) is 60.7 Å². The van der Waals surface area contributed by atoms with Gasteiger partial charge in [-0.25, -0.2) is 4.79 Å². The summed E-state index contributed by atoms with van der Waals surface area (Å²) in [5.41, 5.74) is 0.815. The monoisotopic (exact) mass is 367 g/mol. The van der Waals surface area contributed by atoms with Crippen molar-refractivity contribution in [3.63, 3.8) is 0 Å². The Balaban J connectivity index is 1.52. The summed E-state index contributed by atoms with van der Waals surface area (Å²) >= 11 is 0. The van der Waals surface area contributed by atoms with Crippen LogP contribution in [0.1, 0.15) is 5.56 Å². The van der Waals surface area contributed by atoms with E-state index in [2.05, 4.69) is 0 Å². The normalized spacial score (nSPS) is 10.4. The average Bonchev–Trinajstić information content (AvgIpc) is 2.70. The number of carbonyl (C=O) groups excluding carboxylic acids is 1. The molecule has 0 aliphatic heterocycles. The second kappa shape index (κ2) is 8.18. The first-order valence-corrected chi connectivity index (χ1v) is 8.15. The number of benzene rings is 3. The van der Waals surface area contributed by atoms with Gasteiger partial charge in [0.1, 0.15) is 18.1 Å². The first kappa shape index (κ1) is 18.2. The molecule has 0 unspecified atom stereocenters. The molecular formula is C20H17NO6. The molecule has 0 saturated heterocycles. The number of nitrogens with zero attached hydrogens (tertiary/aromatic N) is 1. The van der Waals surface area contributed by atoms with E-state index in [1.165, 1.54) is 24.3 Å². The van der Waals surface area contributed by atoms with Crippen LogP contribution in [0.5, 0.6) is 11.5 Å². The molecule has 7 heteroatoms. The Hall–Kier alpha value is -3.61. The minimum Gasteiger partial charge on any atom is -0.497 e. The Morgan fingerprint density at radius 2 is 1.63 bits per heavy atom. The lowest BCUT2D eigenvalue weighted by molar-refractivity contribution is -0.384. The summed E-state index contributed by atoms with van der Waals surface area (Å²) in [6.07, 6.45) is 0. The van der Waals surface area contributed by atoms with Crippen molar-refractivity contribution in [2.75, 3.05) is 13.7 Å². The number of hydrogen-bond donors (Lipinski definition) is 0. The molecule has 3 rings (SSSR count). The lowest BCUT2D eigenvalue weighted by Crippen LogP contribution is -2.14. The van der Waals surface area contributed by atoms with Gasteiger partial charge in [-0.2, -0.15) is 0 Å². The third kappa shape index (κ3) is 4.72. The van der Waals surface area contributed by atoms with Crippen LogP contribution in [0.2, 0.25) is 0 Å². The Bertz CT molecular complexity index is 968. The van der Waals surface area contributed by atoms with Crippen LogP contribution < -0.4 is 9.47 Å². The number of nitro groups is 1. The molecule has 0 aliphatic carbocycles. The van der Waals surface area contributed by atoms with Crippen LogP contribution in [-0.4, -0.2) is 24.6 Å². The fourth-order valence-corrected chi connectivity index (χ4v) is 2.50. The van der Waals surface area contributed by atoms with E-state index in [0.717, 1.165) is 22.1 Å². The minimum absolute atomic E-state index is 0.0427. The van der Waals surface area contributed by atoms with E-state index in [-0.39, 0.29) is 18.9 Å². The van der Waals surface area contributed by atoms with E-state index in [1.54, 1.807) is 7.11 Å². The maximum atomic E-state index is 11.8. The van der Waals surface area contributed by atoms with Crippen molar-refractivity contribution >= 4 is 22.4 Å². The Morgan fingerprint density at radius 1 is 0.963 bits per heavy atom. The molecule has 3 aromatic rings. The number of hydrogen-bond acceptors (Lipinski definition) is 6. The van der Waals surface area contributed by atoms with Crippen LogP contribution in [-0.2, 0) is 16.1 Å². The lowest BCUT2D eigenvalue weighted by atomic mass is 10.1. The number of esters is 1. The largest absolute Gasteiger partial charge is 0.497 e.